The third-order valence-electron chi connectivity index (χ3n) is 4.22. The molecule has 0 fully saturated rings. The quantitative estimate of drug-likeness (QED) is 0.835. The fraction of sp³-hybridized carbons (Fsp3) is 0.474. The van der Waals surface area contributed by atoms with E-state index >= 15 is 0 Å². The van der Waals surface area contributed by atoms with Crippen LogP contribution in [-0.4, -0.2) is 43.7 Å². The standard InChI is InChI=1S/C19H27N3O3/c1-12(2)18-17(13(3)21-25-18)19(23)20-11-16(22(4)5)14-7-9-15(24-6)10-8-14/h7-10,12,16H,11H2,1-6H3,(H,20,23). The molecule has 1 amide bonds. The Kier molecular flexibility index (Phi) is 6.20. The Morgan fingerprint density at radius 1 is 1.28 bits per heavy atom. The number of carbonyl (C=O) groups is 1. The van der Waals surface area contributed by atoms with E-state index in [9.17, 15) is 4.79 Å². The van der Waals surface area contributed by atoms with Gasteiger partial charge in [-0.3, -0.25) is 4.79 Å². The van der Waals surface area contributed by atoms with Crippen LogP contribution in [0.25, 0.3) is 0 Å². The van der Waals surface area contributed by atoms with Crippen molar-refractivity contribution >= 4 is 5.91 Å². The summed E-state index contributed by atoms with van der Waals surface area (Å²) in [4.78, 5) is 14.7. The van der Waals surface area contributed by atoms with E-state index in [1.165, 1.54) is 0 Å². The Hall–Kier alpha value is -2.34. The van der Waals surface area contributed by atoms with Gasteiger partial charge in [-0.05, 0) is 38.7 Å². The predicted octanol–water partition coefficient (Wildman–Crippen LogP) is 3.15. The number of likely N-dealkylation sites (N-methyl/N-ethyl adjacent to an activating group) is 1. The van der Waals surface area contributed by atoms with Crippen molar-refractivity contribution in [3.8, 4) is 5.75 Å². The Balaban J connectivity index is 2.13. The number of methoxy groups -OCH3 is 1. The number of carbonyl (C=O) groups excluding carboxylic acids is 1. The number of aryl methyl sites for hydroxylation is 1. The monoisotopic (exact) mass is 345 g/mol. The lowest BCUT2D eigenvalue weighted by Gasteiger charge is -2.25. The zero-order valence-electron chi connectivity index (χ0n) is 15.8. The number of nitrogens with one attached hydrogen (secondary N) is 1. The van der Waals surface area contributed by atoms with E-state index in [-0.39, 0.29) is 17.9 Å². The van der Waals surface area contributed by atoms with Crippen LogP contribution in [-0.2, 0) is 0 Å². The Morgan fingerprint density at radius 3 is 2.44 bits per heavy atom. The molecule has 0 radical (unpaired) electrons. The van der Waals surface area contributed by atoms with E-state index in [1.807, 2.05) is 52.2 Å². The average Bonchev–Trinajstić information content (AvgIpc) is 2.97. The van der Waals surface area contributed by atoms with Gasteiger partial charge in [0.1, 0.15) is 11.3 Å². The van der Waals surface area contributed by atoms with Gasteiger partial charge in [0.2, 0.25) is 0 Å². The summed E-state index contributed by atoms with van der Waals surface area (Å²) in [6.07, 6.45) is 0. The van der Waals surface area contributed by atoms with Crippen LogP contribution in [0.4, 0.5) is 0 Å². The van der Waals surface area contributed by atoms with Gasteiger partial charge in [0.05, 0.1) is 18.8 Å². The van der Waals surface area contributed by atoms with Crippen molar-refractivity contribution in [3.63, 3.8) is 0 Å². The molecule has 1 aromatic heterocycles. The van der Waals surface area contributed by atoms with Crippen molar-refractivity contribution in [2.75, 3.05) is 27.7 Å². The number of hydrogen-bond donors (Lipinski definition) is 1. The van der Waals surface area contributed by atoms with Gasteiger partial charge in [-0.2, -0.15) is 0 Å². The van der Waals surface area contributed by atoms with E-state index in [0.29, 0.717) is 23.6 Å². The lowest BCUT2D eigenvalue weighted by atomic mass is 10.0. The fourth-order valence-corrected chi connectivity index (χ4v) is 2.76. The average molecular weight is 345 g/mol. The number of rotatable bonds is 7. The topological polar surface area (TPSA) is 67.6 Å². The van der Waals surface area contributed by atoms with Crippen molar-refractivity contribution in [1.82, 2.24) is 15.4 Å². The SMILES string of the molecule is COc1ccc(C(CNC(=O)c2c(C)noc2C(C)C)N(C)C)cc1. The van der Waals surface area contributed by atoms with Crippen LogP contribution in [0.5, 0.6) is 5.75 Å². The van der Waals surface area contributed by atoms with Crippen LogP contribution in [0.2, 0.25) is 0 Å². The molecule has 0 aliphatic rings. The molecule has 136 valence electrons. The summed E-state index contributed by atoms with van der Waals surface area (Å²) in [5, 5.41) is 6.96. The molecular formula is C19H27N3O3. The second kappa shape index (κ2) is 8.16. The molecule has 6 nitrogen and oxygen atoms in total. The van der Waals surface area contributed by atoms with Crippen LogP contribution >= 0.6 is 0 Å². The van der Waals surface area contributed by atoms with Gasteiger partial charge in [0, 0.05) is 12.5 Å². The minimum absolute atomic E-state index is 0.0533. The molecule has 0 aliphatic heterocycles. The molecule has 0 saturated carbocycles. The fourth-order valence-electron chi connectivity index (χ4n) is 2.76. The summed E-state index contributed by atoms with van der Waals surface area (Å²) >= 11 is 0. The van der Waals surface area contributed by atoms with Crippen LogP contribution < -0.4 is 10.1 Å². The third kappa shape index (κ3) is 4.39. The molecule has 0 aliphatic carbocycles. The van der Waals surface area contributed by atoms with Gasteiger partial charge in [-0.25, -0.2) is 0 Å². The van der Waals surface area contributed by atoms with Gasteiger partial charge in [-0.15, -0.1) is 0 Å². The molecule has 1 atom stereocenters. The summed E-state index contributed by atoms with van der Waals surface area (Å²) in [5.41, 5.74) is 2.27. The summed E-state index contributed by atoms with van der Waals surface area (Å²) in [7, 11) is 5.63. The Morgan fingerprint density at radius 2 is 1.92 bits per heavy atom. The summed E-state index contributed by atoms with van der Waals surface area (Å²) < 4.78 is 10.5. The van der Waals surface area contributed by atoms with Crippen molar-refractivity contribution in [2.45, 2.75) is 32.7 Å². The van der Waals surface area contributed by atoms with Crippen LogP contribution in [0.15, 0.2) is 28.8 Å². The van der Waals surface area contributed by atoms with Crippen LogP contribution in [0.1, 0.15) is 53.2 Å². The molecule has 1 unspecified atom stereocenters. The van der Waals surface area contributed by atoms with E-state index in [4.69, 9.17) is 9.26 Å². The molecule has 2 rings (SSSR count). The van der Waals surface area contributed by atoms with Gasteiger partial charge in [0.15, 0.2) is 5.76 Å². The Bertz CT molecular complexity index is 705. The molecule has 1 N–H and O–H groups in total. The summed E-state index contributed by atoms with van der Waals surface area (Å²) in [5.74, 6) is 1.39. The molecular weight excluding hydrogens is 318 g/mol. The maximum atomic E-state index is 12.7. The third-order valence-corrected chi connectivity index (χ3v) is 4.22. The predicted molar refractivity (Wildman–Crippen MR) is 97.1 cm³/mol. The second-order valence-electron chi connectivity index (χ2n) is 6.62. The van der Waals surface area contributed by atoms with Crippen LogP contribution in [0.3, 0.4) is 0 Å². The number of hydrogen-bond acceptors (Lipinski definition) is 5. The van der Waals surface area contributed by atoms with Crippen molar-refractivity contribution in [1.29, 1.82) is 0 Å². The van der Waals surface area contributed by atoms with Crippen molar-refractivity contribution in [3.05, 3.63) is 46.8 Å². The first-order chi connectivity index (χ1) is 11.8. The van der Waals surface area contributed by atoms with Crippen molar-refractivity contribution < 1.29 is 14.1 Å². The molecule has 6 heteroatoms. The maximum Gasteiger partial charge on any atom is 0.256 e. The zero-order chi connectivity index (χ0) is 18.6. The minimum Gasteiger partial charge on any atom is -0.497 e. The van der Waals surface area contributed by atoms with Crippen LogP contribution in [0, 0.1) is 6.92 Å². The van der Waals surface area contributed by atoms with E-state index < -0.39 is 0 Å². The smallest absolute Gasteiger partial charge is 0.256 e. The van der Waals surface area contributed by atoms with E-state index in [0.717, 1.165) is 11.3 Å². The molecule has 1 heterocycles. The number of benzene rings is 1. The van der Waals surface area contributed by atoms with Gasteiger partial charge in [0.25, 0.3) is 5.91 Å². The highest BCUT2D eigenvalue weighted by Gasteiger charge is 2.24. The van der Waals surface area contributed by atoms with Crippen molar-refractivity contribution in [2.24, 2.45) is 0 Å². The van der Waals surface area contributed by atoms with E-state index in [1.54, 1.807) is 14.0 Å². The highest BCUT2D eigenvalue weighted by molar-refractivity contribution is 5.96. The van der Waals surface area contributed by atoms with Gasteiger partial charge < -0.3 is 19.5 Å². The largest absolute Gasteiger partial charge is 0.497 e. The molecule has 25 heavy (non-hydrogen) atoms. The lowest BCUT2D eigenvalue weighted by molar-refractivity contribution is 0.0939. The number of ether oxygens (including phenoxy) is 1. The first-order valence-corrected chi connectivity index (χ1v) is 8.39. The van der Waals surface area contributed by atoms with Gasteiger partial charge >= 0.3 is 0 Å². The lowest BCUT2D eigenvalue weighted by Crippen LogP contribution is -2.35. The number of amides is 1. The zero-order valence-corrected chi connectivity index (χ0v) is 15.8. The van der Waals surface area contributed by atoms with Gasteiger partial charge in [-0.1, -0.05) is 31.1 Å². The normalized spacial score (nSPS) is 12.5. The number of aromatic nitrogens is 1. The first kappa shape index (κ1) is 19.0. The molecule has 0 bridgehead atoms. The Labute approximate surface area is 149 Å². The number of nitrogens with zero attached hydrogens (tertiary/aromatic N) is 2. The molecule has 0 spiro atoms. The highest BCUT2D eigenvalue weighted by Crippen LogP contribution is 2.23. The highest BCUT2D eigenvalue weighted by atomic mass is 16.5. The maximum absolute atomic E-state index is 12.7. The summed E-state index contributed by atoms with van der Waals surface area (Å²) in [6, 6.07) is 7.93. The van der Waals surface area contributed by atoms with E-state index in [2.05, 4.69) is 15.4 Å². The molecule has 1 aromatic carbocycles. The second-order valence-corrected chi connectivity index (χ2v) is 6.62. The first-order valence-electron chi connectivity index (χ1n) is 8.39. The molecule has 0 saturated heterocycles. The molecule has 2 aromatic rings. The minimum atomic E-state index is -0.150. The summed E-state index contributed by atoms with van der Waals surface area (Å²) in [6.45, 7) is 6.24.